The Hall–Kier alpha value is -4.77. The quantitative estimate of drug-likeness (QED) is 0.233. The predicted molar refractivity (Wildman–Crippen MR) is 174 cm³/mol. The van der Waals surface area contributed by atoms with Crippen LogP contribution in [0.2, 0.25) is 0 Å². The Balaban J connectivity index is 1.45. The molecule has 48 heavy (non-hydrogen) atoms. The van der Waals surface area contributed by atoms with Crippen molar-refractivity contribution in [2.45, 2.75) is 71.8 Å². The first-order valence-electron chi connectivity index (χ1n) is 15.4. The van der Waals surface area contributed by atoms with Gasteiger partial charge in [0.25, 0.3) is 5.91 Å². The zero-order chi connectivity index (χ0) is 34.9. The van der Waals surface area contributed by atoms with E-state index in [0.29, 0.717) is 6.42 Å². The molecule has 252 valence electrons. The number of ether oxygens (including phenoxy) is 2. The van der Waals surface area contributed by atoms with E-state index >= 15 is 13.2 Å². The number of fused-ring (bicyclic) bond motifs is 2. The molecule has 0 bridgehead atoms. The first kappa shape index (κ1) is 33.1. The molecule has 14 heteroatoms. The minimum absolute atomic E-state index is 0.00888. The number of benzene rings is 2. The Labute approximate surface area is 278 Å². The van der Waals surface area contributed by atoms with Crippen LogP contribution in [0.25, 0.3) is 32.1 Å². The molecule has 2 aliphatic rings. The first-order chi connectivity index (χ1) is 22.5. The fourth-order valence-corrected chi connectivity index (χ4v) is 7.38. The predicted octanol–water partition coefficient (Wildman–Crippen LogP) is 7.62. The van der Waals surface area contributed by atoms with Gasteiger partial charge in [-0.25, -0.2) is 22.8 Å². The Bertz CT molecular complexity index is 2050. The maximum atomic E-state index is 16.4. The van der Waals surface area contributed by atoms with Crippen molar-refractivity contribution in [3.8, 4) is 17.2 Å². The zero-order valence-corrected chi connectivity index (χ0v) is 28.1. The van der Waals surface area contributed by atoms with Crippen LogP contribution in [0.1, 0.15) is 63.9 Å². The van der Waals surface area contributed by atoms with E-state index in [-0.39, 0.29) is 74.4 Å². The molecule has 1 saturated heterocycles. The van der Waals surface area contributed by atoms with Crippen molar-refractivity contribution in [2.75, 3.05) is 25.0 Å². The average Bonchev–Trinajstić information content (AvgIpc) is 3.51. The SMILES string of the molecule is CC(C)(C)OC(=O)Nc1sc2c(F)ccc(-c3c(F)cc4c5c3c(F)cn5CC[C@@H]3CN(C(=O)OC(C)(C)C)CCN3C4=O)c2c1C#N. The van der Waals surface area contributed by atoms with Crippen molar-refractivity contribution in [3.05, 3.63) is 53.0 Å². The Morgan fingerprint density at radius 3 is 2.33 bits per heavy atom. The fraction of sp³-hybridized carbons (Fsp3) is 0.412. The molecule has 10 nitrogen and oxygen atoms in total. The molecule has 2 aromatic heterocycles. The van der Waals surface area contributed by atoms with Crippen molar-refractivity contribution < 1.29 is 37.0 Å². The second kappa shape index (κ2) is 11.7. The summed E-state index contributed by atoms with van der Waals surface area (Å²) in [5.41, 5.74) is -1.80. The van der Waals surface area contributed by atoms with E-state index in [4.69, 9.17) is 9.47 Å². The lowest BCUT2D eigenvalue weighted by Gasteiger charge is -2.42. The van der Waals surface area contributed by atoms with Crippen molar-refractivity contribution in [3.63, 3.8) is 0 Å². The summed E-state index contributed by atoms with van der Waals surface area (Å²) in [4.78, 5) is 42.5. The van der Waals surface area contributed by atoms with Gasteiger partial charge in [-0.2, -0.15) is 5.26 Å². The number of aromatic nitrogens is 1. The molecule has 0 aliphatic carbocycles. The summed E-state index contributed by atoms with van der Waals surface area (Å²) in [6.45, 7) is 11.1. The third kappa shape index (κ3) is 5.91. The molecule has 4 heterocycles. The number of rotatable bonds is 2. The molecule has 2 aromatic carbocycles. The van der Waals surface area contributed by atoms with E-state index in [9.17, 15) is 19.6 Å². The highest BCUT2D eigenvalue weighted by molar-refractivity contribution is 7.23. The van der Waals surface area contributed by atoms with Gasteiger partial charge in [-0.1, -0.05) is 6.07 Å². The molecule has 6 rings (SSSR count). The minimum atomic E-state index is -0.948. The third-order valence-corrected chi connectivity index (χ3v) is 9.28. The van der Waals surface area contributed by atoms with E-state index in [0.717, 1.165) is 23.5 Å². The molecule has 1 fully saturated rings. The zero-order valence-electron chi connectivity index (χ0n) is 27.3. The van der Waals surface area contributed by atoms with E-state index in [1.807, 2.05) is 6.07 Å². The van der Waals surface area contributed by atoms with Gasteiger partial charge in [0.05, 0.1) is 27.4 Å². The Kier molecular flexibility index (Phi) is 8.10. The van der Waals surface area contributed by atoms with Gasteiger partial charge in [0, 0.05) is 48.7 Å². The van der Waals surface area contributed by atoms with Gasteiger partial charge in [0.15, 0.2) is 0 Å². The van der Waals surface area contributed by atoms with Crippen molar-refractivity contribution >= 4 is 55.4 Å². The van der Waals surface area contributed by atoms with Crippen LogP contribution >= 0.6 is 11.3 Å². The van der Waals surface area contributed by atoms with E-state index < -0.39 is 52.8 Å². The monoisotopic (exact) mass is 681 g/mol. The van der Waals surface area contributed by atoms with Crippen molar-refractivity contribution in [1.82, 2.24) is 14.4 Å². The van der Waals surface area contributed by atoms with Crippen LogP contribution in [0.4, 0.5) is 27.8 Å². The molecule has 3 amide bonds. The lowest BCUT2D eigenvalue weighted by Crippen LogP contribution is -2.57. The van der Waals surface area contributed by atoms with Crippen LogP contribution < -0.4 is 5.32 Å². The third-order valence-electron chi connectivity index (χ3n) is 8.16. The van der Waals surface area contributed by atoms with Crippen LogP contribution in [0, 0.1) is 28.8 Å². The lowest BCUT2D eigenvalue weighted by atomic mass is 9.93. The number of nitrogens with zero attached hydrogens (tertiary/aromatic N) is 4. The van der Waals surface area contributed by atoms with Crippen molar-refractivity contribution in [2.24, 2.45) is 0 Å². The van der Waals surface area contributed by atoms with Gasteiger partial charge in [0.2, 0.25) is 0 Å². The number of anilines is 1. The summed E-state index contributed by atoms with van der Waals surface area (Å²) in [6, 6.07) is 4.95. The molecule has 1 atom stereocenters. The van der Waals surface area contributed by atoms with Gasteiger partial charge >= 0.3 is 12.2 Å². The van der Waals surface area contributed by atoms with Crippen LogP contribution in [0.3, 0.4) is 0 Å². The number of hydrogen-bond donors (Lipinski definition) is 1. The maximum Gasteiger partial charge on any atom is 0.412 e. The number of carbonyl (C=O) groups is 3. The Morgan fingerprint density at radius 2 is 1.67 bits per heavy atom. The highest BCUT2D eigenvalue weighted by Gasteiger charge is 2.38. The van der Waals surface area contributed by atoms with Gasteiger partial charge in [-0.15, -0.1) is 11.3 Å². The molecular weight excluding hydrogens is 647 g/mol. The summed E-state index contributed by atoms with van der Waals surface area (Å²) >= 11 is 0.773. The molecule has 0 saturated carbocycles. The fourth-order valence-electron chi connectivity index (χ4n) is 6.32. The number of aryl methyl sites for hydroxylation is 1. The van der Waals surface area contributed by atoms with Gasteiger partial charge in [-0.05, 0) is 65.7 Å². The summed E-state index contributed by atoms with van der Waals surface area (Å²) in [5, 5.41) is 12.4. The Morgan fingerprint density at radius 1 is 0.958 bits per heavy atom. The molecule has 0 radical (unpaired) electrons. The molecular formula is C34H34F3N5O5S. The summed E-state index contributed by atoms with van der Waals surface area (Å²) < 4.78 is 60.0. The van der Waals surface area contributed by atoms with Crippen LogP contribution in [0.5, 0.6) is 0 Å². The topological polar surface area (TPSA) is 117 Å². The van der Waals surface area contributed by atoms with Crippen LogP contribution in [-0.4, -0.2) is 69.3 Å². The molecule has 4 aromatic rings. The minimum Gasteiger partial charge on any atom is -0.444 e. The second-order valence-corrected chi connectivity index (χ2v) is 14.9. The number of halogens is 3. The molecule has 0 spiro atoms. The molecule has 0 unspecified atom stereocenters. The first-order valence-corrected chi connectivity index (χ1v) is 16.2. The standard InChI is InChI=1S/C34H34F3N5O5S/c1-33(2,3)46-31(44)39-29-20(14-38)24-18(7-8-21(35)28(24)48-29)25-22(36)13-19-27-26(25)23(37)16-40(27)10-9-17-15-41(11-12-42(17)30(19)43)32(45)47-34(4,5)6/h7-8,13,16-17H,9-12,15H2,1-6H3,(H,39,44)/t17-/m1/s1. The number of nitriles is 1. The molecule has 2 aliphatic heterocycles. The van der Waals surface area contributed by atoms with Crippen molar-refractivity contribution in [1.29, 1.82) is 5.26 Å². The second-order valence-electron chi connectivity index (χ2n) is 13.9. The van der Waals surface area contributed by atoms with E-state index in [2.05, 4.69) is 5.32 Å². The number of nitrogens with one attached hydrogen (secondary N) is 1. The lowest BCUT2D eigenvalue weighted by molar-refractivity contribution is 0.00286. The highest BCUT2D eigenvalue weighted by atomic mass is 32.1. The summed E-state index contributed by atoms with van der Waals surface area (Å²) in [5.74, 6) is -2.99. The normalized spacial score (nSPS) is 16.8. The van der Waals surface area contributed by atoms with Gasteiger partial charge in [-0.3, -0.25) is 10.1 Å². The van der Waals surface area contributed by atoms with Gasteiger partial charge in [0.1, 0.15) is 39.7 Å². The largest absolute Gasteiger partial charge is 0.444 e. The smallest absolute Gasteiger partial charge is 0.412 e. The van der Waals surface area contributed by atoms with E-state index in [1.165, 1.54) is 17.2 Å². The summed E-state index contributed by atoms with van der Waals surface area (Å²) in [6.07, 6.45) is 0.210. The molecule has 1 N–H and O–H groups in total. The summed E-state index contributed by atoms with van der Waals surface area (Å²) in [7, 11) is 0. The number of hydrogen-bond acceptors (Lipinski definition) is 7. The van der Waals surface area contributed by atoms with Crippen LogP contribution in [-0.2, 0) is 16.0 Å². The number of thiophene rings is 1. The highest BCUT2D eigenvalue weighted by Crippen LogP contribution is 2.46. The number of piperazine rings is 1. The maximum absolute atomic E-state index is 16.4. The van der Waals surface area contributed by atoms with Crippen LogP contribution in [0.15, 0.2) is 24.4 Å². The van der Waals surface area contributed by atoms with E-state index in [1.54, 1.807) is 51.0 Å². The number of amides is 3. The van der Waals surface area contributed by atoms with Gasteiger partial charge < -0.3 is 23.8 Å². The average molecular weight is 682 g/mol. The number of carbonyl (C=O) groups excluding carboxylic acids is 3.